The molecule has 0 N–H and O–H groups in total. The first-order valence-electron chi connectivity index (χ1n) is 13.7. The number of anilines is 1. The van der Waals surface area contributed by atoms with Gasteiger partial charge in [0, 0.05) is 52.6 Å². The van der Waals surface area contributed by atoms with E-state index in [0.29, 0.717) is 52.4 Å². The van der Waals surface area contributed by atoms with Gasteiger partial charge in [-0.25, -0.2) is 0 Å². The van der Waals surface area contributed by atoms with Gasteiger partial charge in [0.25, 0.3) is 5.91 Å². The SMILES string of the molecule is CCOC1CCN(C(=O)c2ccc(Cl)c(C3(C)C(=O)N(Cc4ccc(OC)cc4OC)c4ccc(Cl)cc43)c2)CC1. The smallest absolute Gasteiger partial charge is 0.253 e. The molecule has 0 radical (unpaired) electrons. The van der Waals surface area contributed by atoms with Gasteiger partial charge in [0.15, 0.2) is 0 Å². The second-order valence-electron chi connectivity index (χ2n) is 10.5. The number of hydrogen-bond acceptors (Lipinski definition) is 5. The van der Waals surface area contributed by atoms with Crippen LogP contribution < -0.4 is 14.4 Å². The molecule has 5 rings (SSSR count). The summed E-state index contributed by atoms with van der Waals surface area (Å²) in [6.07, 6.45) is 1.77. The monoisotopic (exact) mass is 596 g/mol. The van der Waals surface area contributed by atoms with Crippen LogP contribution in [0.3, 0.4) is 0 Å². The van der Waals surface area contributed by atoms with Crippen molar-refractivity contribution in [1.82, 2.24) is 4.90 Å². The van der Waals surface area contributed by atoms with Crippen molar-refractivity contribution in [2.75, 3.05) is 38.8 Å². The number of likely N-dealkylation sites (tertiary alicyclic amines) is 1. The summed E-state index contributed by atoms with van der Waals surface area (Å²) >= 11 is 13.3. The van der Waals surface area contributed by atoms with Crippen LogP contribution in [0.15, 0.2) is 54.6 Å². The van der Waals surface area contributed by atoms with E-state index >= 15 is 0 Å². The van der Waals surface area contributed by atoms with E-state index in [4.69, 9.17) is 37.4 Å². The Morgan fingerprint density at radius 3 is 2.41 bits per heavy atom. The summed E-state index contributed by atoms with van der Waals surface area (Å²) in [6.45, 7) is 6.00. The minimum absolute atomic E-state index is 0.0851. The van der Waals surface area contributed by atoms with Gasteiger partial charge in [-0.15, -0.1) is 0 Å². The maximum Gasteiger partial charge on any atom is 0.253 e. The first-order valence-corrected chi connectivity index (χ1v) is 14.5. The van der Waals surface area contributed by atoms with Crippen molar-refractivity contribution >= 4 is 40.7 Å². The highest BCUT2D eigenvalue weighted by Gasteiger charge is 2.50. The van der Waals surface area contributed by atoms with Gasteiger partial charge in [-0.05, 0) is 86.3 Å². The molecule has 0 saturated carbocycles. The molecule has 216 valence electrons. The van der Waals surface area contributed by atoms with Crippen molar-refractivity contribution in [1.29, 1.82) is 0 Å². The normalized spacial score (nSPS) is 18.9. The van der Waals surface area contributed by atoms with Gasteiger partial charge in [0.05, 0.1) is 26.9 Å². The summed E-state index contributed by atoms with van der Waals surface area (Å²) in [7, 11) is 3.18. The average molecular weight is 598 g/mol. The van der Waals surface area contributed by atoms with E-state index in [9.17, 15) is 9.59 Å². The Morgan fingerprint density at radius 1 is 0.976 bits per heavy atom. The highest BCUT2D eigenvalue weighted by Crippen LogP contribution is 2.49. The van der Waals surface area contributed by atoms with Crippen molar-refractivity contribution in [3.05, 3.63) is 86.9 Å². The maximum atomic E-state index is 14.4. The van der Waals surface area contributed by atoms with Crippen LogP contribution in [0.5, 0.6) is 11.5 Å². The standard InChI is InChI=1S/C32H34Cl2N2O5/c1-5-41-23-12-14-35(15-13-23)30(37)20-7-10-27(34)25(16-20)32(2)26-17-22(33)8-11-28(26)36(31(32)38)19-21-6-9-24(39-3)18-29(21)40-4/h6-11,16-18,23H,5,12-15,19H2,1-4H3. The number of carbonyl (C=O) groups excluding carboxylic acids is 2. The summed E-state index contributed by atoms with van der Waals surface area (Å²) in [4.78, 5) is 31.5. The summed E-state index contributed by atoms with van der Waals surface area (Å²) < 4.78 is 16.7. The molecular weight excluding hydrogens is 563 g/mol. The molecule has 41 heavy (non-hydrogen) atoms. The predicted octanol–water partition coefficient (Wildman–Crippen LogP) is 6.50. The van der Waals surface area contributed by atoms with Crippen LogP contribution in [0.25, 0.3) is 0 Å². The van der Waals surface area contributed by atoms with Gasteiger partial charge >= 0.3 is 0 Å². The molecule has 1 unspecified atom stereocenters. The fourth-order valence-corrected chi connectivity index (χ4v) is 6.37. The van der Waals surface area contributed by atoms with Crippen LogP contribution in [0.2, 0.25) is 10.0 Å². The number of hydrogen-bond donors (Lipinski definition) is 0. The van der Waals surface area contributed by atoms with Gasteiger partial charge in [-0.3, -0.25) is 9.59 Å². The minimum Gasteiger partial charge on any atom is -0.497 e. The molecule has 0 aromatic heterocycles. The van der Waals surface area contributed by atoms with E-state index in [0.717, 1.165) is 29.7 Å². The number of nitrogens with zero attached hydrogens (tertiary/aromatic N) is 2. The van der Waals surface area contributed by atoms with Crippen LogP contribution in [-0.2, 0) is 21.5 Å². The molecule has 1 saturated heterocycles. The van der Waals surface area contributed by atoms with Gasteiger partial charge in [0.2, 0.25) is 5.91 Å². The lowest BCUT2D eigenvalue weighted by atomic mass is 9.76. The molecule has 3 aromatic rings. The Hall–Kier alpha value is -3.26. The fraction of sp³-hybridized carbons (Fsp3) is 0.375. The molecule has 0 aliphatic carbocycles. The molecule has 1 atom stereocenters. The fourth-order valence-electron chi connectivity index (χ4n) is 5.89. The number of rotatable bonds is 8. The second-order valence-corrected chi connectivity index (χ2v) is 11.3. The van der Waals surface area contributed by atoms with Crippen LogP contribution in [-0.4, -0.2) is 56.7 Å². The first kappa shape index (κ1) is 29.2. The average Bonchev–Trinajstić information content (AvgIpc) is 3.19. The molecule has 2 aliphatic rings. The van der Waals surface area contributed by atoms with Gasteiger partial charge in [-0.1, -0.05) is 23.2 Å². The zero-order chi connectivity index (χ0) is 29.3. The van der Waals surface area contributed by atoms with Crippen LogP contribution in [0, 0.1) is 0 Å². The molecule has 2 amide bonds. The zero-order valence-corrected chi connectivity index (χ0v) is 25.2. The molecule has 2 heterocycles. The number of benzene rings is 3. The molecule has 0 bridgehead atoms. The third kappa shape index (κ3) is 5.39. The third-order valence-corrected chi connectivity index (χ3v) is 8.73. The molecule has 7 nitrogen and oxygen atoms in total. The molecule has 1 fully saturated rings. The first-order chi connectivity index (χ1) is 19.7. The Morgan fingerprint density at radius 2 is 1.73 bits per heavy atom. The Balaban J connectivity index is 1.51. The zero-order valence-electron chi connectivity index (χ0n) is 23.7. The van der Waals surface area contributed by atoms with Crippen LogP contribution in [0.4, 0.5) is 5.69 Å². The lowest BCUT2D eigenvalue weighted by Gasteiger charge is -2.32. The lowest BCUT2D eigenvalue weighted by molar-refractivity contribution is -0.121. The predicted molar refractivity (Wildman–Crippen MR) is 161 cm³/mol. The largest absolute Gasteiger partial charge is 0.497 e. The molecular formula is C32H34Cl2N2O5. The van der Waals surface area contributed by atoms with E-state index < -0.39 is 5.41 Å². The van der Waals surface area contributed by atoms with Gasteiger partial charge < -0.3 is 24.0 Å². The number of fused-ring (bicyclic) bond motifs is 1. The van der Waals surface area contributed by atoms with Crippen molar-refractivity contribution in [2.45, 2.75) is 44.8 Å². The summed E-state index contributed by atoms with van der Waals surface area (Å²) in [6, 6.07) is 16.1. The summed E-state index contributed by atoms with van der Waals surface area (Å²) in [5.41, 5.74) is 2.16. The number of piperidine rings is 1. The quantitative estimate of drug-likeness (QED) is 0.297. The lowest BCUT2D eigenvalue weighted by Crippen LogP contribution is -2.41. The Labute approximate surface area is 250 Å². The van der Waals surface area contributed by atoms with E-state index in [1.54, 1.807) is 49.5 Å². The maximum absolute atomic E-state index is 14.4. The molecule has 2 aliphatic heterocycles. The Bertz CT molecular complexity index is 1470. The van der Waals surface area contributed by atoms with Gasteiger partial charge in [-0.2, -0.15) is 0 Å². The van der Waals surface area contributed by atoms with E-state index in [2.05, 4.69) is 0 Å². The summed E-state index contributed by atoms with van der Waals surface area (Å²) in [5.74, 6) is 1.01. The van der Waals surface area contributed by atoms with E-state index in [-0.39, 0.29) is 24.5 Å². The van der Waals surface area contributed by atoms with Crippen molar-refractivity contribution < 1.29 is 23.8 Å². The van der Waals surface area contributed by atoms with Crippen molar-refractivity contribution in [3.8, 4) is 11.5 Å². The van der Waals surface area contributed by atoms with Crippen molar-refractivity contribution in [2.24, 2.45) is 0 Å². The third-order valence-electron chi connectivity index (χ3n) is 8.17. The molecule has 3 aromatic carbocycles. The molecule has 0 spiro atoms. The van der Waals surface area contributed by atoms with Crippen LogP contribution in [0.1, 0.15) is 53.7 Å². The van der Waals surface area contributed by atoms with Gasteiger partial charge in [0.1, 0.15) is 16.9 Å². The Kier molecular flexibility index (Phi) is 8.50. The number of carbonyl (C=O) groups is 2. The topological polar surface area (TPSA) is 68.3 Å². The number of methoxy groups -OCH3 is 2. The molecule has 9 heteroatoms. The highest BCUT2D eigenvalue weighted by molar-refractivity contribution is 6.33. The number of amides is 2. The van der Waals surface area contributed by atoms with E-state index in [1.165, 1.54) is 0 Å². The van der Waals surface area contributed by atoms with Crippen molar-refractivity contribution in [3.63, 3.8) is 0 Å². The van der Waals surface area contributed by atoms with E-state index in [1.807, 2.05) is 43.0 Å². The van der Waals surface area contributed by atoms with Crippen LogP contribution >= 0.6 is 23.2 Å². The second kappa shape index (κ2) is 11.9. The number of halogens is 2. The highest BCUT2D eigenvalue weighted by atomic mass is 35.5. The minimum atomic E-state index is -1.17. The summed E-state index contributed by atoms with van der Waals surface area (Å²) in [5, 5.41) is 0.912. The number of ether oxygens (including phenoxy) is 3.